The first-order valence-corrected chi connectivity index (χ1v) is 9.53. The Morgan fingerprint density at radius 3 is 2.61 bits per heavy atom. The molecule has 0 atom stereocenters. The molecule has 0 saturated heterocycles. The van der Waals surface area contributed by atoms with Crippen LogP contribution in [0.1, 0.15) is 5.56 Å². The van der Waals surface area contributed by atoms with Crippen LogP contribution in [0, 0.1) is 5.82 Å². The summed E-state index contributed by atoms with van der Waals surface area (Å²) in [7, 11) is 0. The molecule has 0 saturated carbocycles. The summed E-state index contributed by atoms with van der Waals surface area (Å²) in [4.78, 5) is 29.3. The first-order chi connectivity index (χ1) is 13.6. The molecule has 0 unspecified atom stereocenters. The highest BCUT2D eigenvalue weighted by Gasteiger charge is 2.14. The summed E-state index contributed by atoms with van der Waals surface area (Å²) in [6.45, 7) is 0.302. The zero-order chi connectivity index (χ0) is 19.5. The SMILES string of the molecule is O=C(Cn1cnc2c(-c3ccc(F)cc3)csc2c1=O)NCc1ccccc1. The quantitative estimate of drug-likeness (QED) is 0.564. The maximum absolute atomic E-state index is 13.1. The number of fused-ring (bicyclic) bond motifs is 1. The van der Waals surface area contributed by atoms with Gasteiger partial charge < -0.3 is 5.32 Å². The van der Waals surface area contributed by atoms with E-state index < -0.39 is 0 Å². The molecule has 28 heavy (non-hydrogen) atoms. The van der Waals surface area contributed by atoms with Gasteiger partial charge in [-0.1, -0.05) is 42.5 Å². The van der Waals surface area contributed by atoms with Gasteiger partial charge in [-0.15, -0.1) is 11.3 Å². The molecule has 2 aromatic carbocycles. The lowest BCUT2D eigenvalue weighted by atomic mass is 10.1. The van der Waals surface area contributed by atoms with Gasteiger partial charge in [-0.2, -0.15) is 0 Å². The second kappa shape index (κ2) is 7.74. The lowest BCUT2D eigenvalue weighted by Crippen LogP contribution is -2.31. The fourth-order valence-corrected chi connectivity index (χ4v) is 3.87. The number of nitrogens with zero attached hydrogens (tertiary/aromatic N) is 2. The van der Waals surface area contributed by atoms with Gasteiger partial charge in [0.25, 0.3) is 5.56 Å². The molecule has 0 aliphatic rings. The van der Waals surface area contributed by atoms with Gasteiger partial charge in [0.05, 0.1) is 11.8 Å². The van der Waals surface area contributed by atoms with Crippen LogP contribution in [0.2, 0.25) is 0 Å². The minimum Gasteiger partial charge on any atom is -0.350 e. The first-order valence-electron chi connectivity index (χ1n) is 8.65. The van der Waals surface area contributed by atoms with E-state index in [2.05, 4.69) is 10.3 Å². The van der Waals surface area contributed by atoms with E-state index in [9.17, 15) is 14.0 Å². The maximum Gasteiger partial charge on any atom is 0.271 e. The van der Waals surface area contributed by atoms with Crippen LogP contribution in [0.5, 0.6) is 0 Å². The van der Waals surface area contributed by atoms with Crippen LogP contribution < -0.4 is 10.9 Å². The minimum atomic E-state index is -0.319. The average Bonchev–Trinajstić information content (AvgIpc) is 3.15. The van der Waals surface area contributed by atoms with Gasteiger partial charge in [0.2, 0.25) is 5.91 Å². The van der Waals surface area contributed by atoms with Crippen molar-refractivity contribution < 1.29 is 9.18 Å². The monoisotopic (exact) mass is 393 g/mol. The van der Waals surface area contributed by atoms with Crippen LogP contribution in [0.4, 0.5) is 4.39 Å². The number of carbonyl (C=O) groups excluding carboxylic acids is 1. The fraction of sp³-hybridized carbons (Fsp3) is 0.0952. The molecule has 0 aliphatic carbocycles. The number of benzene rings is 2. The second-order valence-corrected chi connectivity index (χ2v) is 7.15. The Bertz CT molecular complexity index is 1180. The van der Waals surface area contributed by atoms with Crippen molar-refractivity contribution in [1.82, 2.24) is 14.9 Å². The van der Waals surface area contributed by atoms with Gasteiger partial charge in [0.15, 0.2) is 0 Å². The molecule has 5 nitrogen and oxygen atoms in total. The van der Waals surface area contributed by atoms with Crippen LogP contribution in [-0.4, -0.2) is 15.5 Å². The van der Waals surface area contributed by atoms with Crippen LogP contribution in [0.15, 0.2) is 71.1 Å². The Hall–Kier alpha value is -3.32. The minimum absolute atomic E-state index is 0.0988. The summed E-state index contributed by atoms with van der Waals surface area (Å²) >= 11 is 1.27. The molecule has 4 rings (SSSR count). The highest BCUT2D eigenvalue weighted by Crippen LogP contribution is 2.30. The van der Waals surface area contributed by atoms with Crippen molar-refractivity contribution in [1.29, 1.82) is 0 Å². The molecule has 0 bridgehead atoms. The van der Waals surface area contributed by atoms with Crippen molar-refractivity contribution in [2.24, 2.45) is 0 Å². The van der Waals surface area contributed by atoms with Crippen LogP contribution >= 0.6 is 11.3 Å². The third kappa shape index (κ3) is 3.70. The normalized spacial score (nSPS) is 10.9. The molecule has 2 aromatic heterocycles. The van der Waals surface area contributed by atoms with Crippen molar-refractivity contribution in [2.75, 3.05) is 0 Å². The van der Waals surface area contributed by atoms with E-state index in [-0.39, 0.29) is 23.8 Å². The van der Waals surface area contributed by atoms with Crippen molar-refractivity contribution in [3.05, 3.63) is 88.0 Å². The standard InChI is InChI=1S/C21H16FN3O2S/c22-16-8-6-15(7-9-16)17-12-28-20-19(17)24-13-25(21(20)27)11-18(26)23-10-14-4-2-1-3-5-14/h1-9,12-13H,10-11H2,(H,23,26). The molecule has 0 fully saturated rings. The number of hydrogen-bond donors (Lipinski definition) is 1. The van der Waals surface area contributed by atoms with Crippen molar-refractivity contribution >= 4 is 27.5 Å². The molecule has 140 valence electrons. The Labute approximate surface area is 164 Å². The molecule has 0 radical (unpaired) electrons. The van der Waals surface area contributed by atoms with Crippen LogP contribution in [-0.2, 0) is 17.9 Å². The molecular formula is C21H16FN3O2S. The topological polar surface area (TPSA) is 64.0 Å². The van der Waals surface area contributed by atoms with Crippen molar-refractivity contribution in [3.63, 3.8) is 0 Å². The molecule has 4 aromatic rings. The number of rotatable bonds is 5. The summed E-state index contributed by atoms with van der Waals surface area (Å²) in [6.07, 6.45) is 1.38. The average molecular weight is 393 g/mol. The Balaban J connectivity index is 1.54. The molecule has 2 heterocycles. The van der Waals surface area contributed by atoms with Crippen molar-refractivity contribution in [3.8, 4) is 11.1 Å². The number of aromatic nitrogens is 2. The summed E-state index contributed by atoms with van der Waals surface area (Å²) in [5.41, 5.74) is 2.84. The number of hydrogen-bond acceptors (Lipinski definition) is 4. The van der Waals surface area contributed by atoms with Crippen LogP contribution in [0.3, 0.4) is 0 Å². The Morgan fingerprint density at radius 2 is 1.86 bits per heavy atom. The van der Waals surface area contributed by atoms with Gasteiger partial charge >= 0.3 is 0 Å². The van der Waals surface area contributed by atoms with E-state index in [1.807, 2.05) is 35.7 Å². The fourth-order valence-electron chi connectivity index (χ4n) is 2.90. The highest BCUT2D eigenvalue weighted by atomic mass is 32.1. The molecule has 1 amide bonds. The number of carbonyl (C=O) groups is 1. The summed E-state index contributed by atoms with van der Waals surface area (Å²) in [5, 5.41) is 4.63. The number of amides is 1. The predicted octanol–water partition coefficient (Wildman–Crippen LogP) is 3.58. The van der Waals surface area contributed by atoms with E-state index in [4.69, 9.17) is 0 Å². The number of nitrogens with one attached hydrogen (secondary N) is 1. The Morgan fingerprint density at radius 1 is 1.11 bits per heavy atom. The van der Waals surface area contributed by atoms with E-state index in [1.165, 1.54) is 34.4 Å². The van der Waals surface area contributed by atoms with E-state index in [0.29, 0.717) is 16.8 Å². The molecule has 7 heteroatoms. The molecular weight excluding hydrogens is 377 g/mol. The molecule has 0 aliphatic heterocycles. The predicted molar refractivity (Wildman–Crippen MR) is 108 cm³/mol. The van der Waals surface area contributed by atoms with E-state index in [0.717, 1.165) is 16.7 Å². The first kappa shape index (κ1) is 18.1. The second-order valence-electron chi connectivity index (χ2n) is 6.27. The molecule has 1 N–H and O–H groups in total. The smallest absolute Gasteiger partial charge is 0.271 e. The zero-order valence-corrected chi connectivity index (χ0v) is 15.6. The third-order valence-electron chi connectivity index (χ3n) is 4.35. The Kier molecular flexibility index (Phi) is 4.99. The van der Waals surface area contributed by atoms with Crippen LogP contribution in [0.25, 0.3) is 21.3 Å². The van der Waals surface area contributed by atoms with E-state index >= 15 is 0 Å². The van der Waals surface area contributed by atoms with Gasteiger partial charge in [-0.05, 0) is 23.3 Å². The lowest BCUT2D eigenvalue weighted by molar-refractivity contribution is -0.121. The summed E-state index contributed by atoms with van der Waals surface area (Å²) in [6, 6.07) is 15.6. The number of halogens is 1. The van der Waals surface area contributed by atoms with Gasteiger partial charge in [-0.3, -0.25) is 14.2 Å². The highest BCUT2D eigenvalue weighted by molar-refractivity contribution is 7.17. The van der Waals surface area contributed by atoms with Gasteiger partial charge in [0, 0.05) is 17.5 Å². The summed E-state index contributed by atoms with van der Waals surface area (Å²) < 4.78 is 14.9. The van der Waals surface area contributed by atoms with Gasteiger partial charge in [0.1, 0.15) is 17.1 Å². The van der Waals surface area contributed by atoms with Gasteiger partial charge in [-0.25, -0.2) is 9.37 Å². The van der Waals surface area contributed by atoms with Crippen molar-refractivity contribution in [2.45, 2.75) is 13.1 Å². The number of thiophene rings is 1. The zero-order valence-electron chi connectivity index (χ0n) is 14.8. The van der Waals surface area contributed by atoms with E-state index in [1.54, 1.807) is 12.1 Å². The lowest BCUT2D eigenvalue weighted by Gasteiger charge is -2.07. The summed E-state index contributed by atoms with van der Waals surface area (Å²) in [5.74, 6) is -0.581. The molecule has 0 spiro atoms. The third-order valence-corrected chi connectivity index (χ3v) is 5.31. The maximum atomic E-state index is 13.1. The largest absolute Gasteiger partial charge is 0.350 e.